The second-order valence-electron chi connectivity index (χ2n) is 10.3. The molecule has 9 nitrogen and oxygen atoms in total. The van der Waals surface area contributed by atoms with Gasteiger partial charge in [-0.05, 0) is 68.9 Å². The van der Waals surface area contributed by atoms with Gasteiger partial charge in [-0.1, -0.05) is 53.2 Å². The maximum absolute atomic E-state index is 13.1. The van der Waals surface area contributed by atoms with Crippen LogP contribution in [-0.4, -0.2) is 73.1 Å². The van der Waals surface area contributed by atoms with E-state index < -0.39 is 16.0 Å². The van der Waals surface area contributed by atoms with Crippen molar-refractivity contribution in [1.29, 1.82) is 0 Å². The fourth-order valence-corrected chi connectivity index (χ4v) is 6.55. The van der Waals surface area contributed by atoms with Crippen LogP contribution in [0, 0.1) is 0 Å². The van der Waals surface area contributed by atoms with Gasteiger partial charge in [0.15, 0.2) is 5.88 Å². The number of aromatic hydroxyl groups is 1. The van der Waals surface area contributed by atoms with E-state index >= 15 is 0 Å². The van der Waals surface area contributed by atoms with Gasteiger partial charge in [0.25, 0.3) is 0 Å². The lowest BCUT2D eigenvalue weighted by atomic mass is 9.98. The summed E-state index contributed by atoms with van der Waals surface area (Å²) in [7, 11) is 0.318. The molecule has 11 heteroatoms. The number of anilines is 1. The number of hydrogen-bond acceptors (Lipinski definition) is 6. The molecule has 0 saturated carbocycles. The topological polar surface area (TPSA) is 126 Å². The number of nitrogens with zero attached hydrogens (tertiary/aromatic N) is 3. The second kappa shape index (κ2) is 13.5. The van der Waals surface area contributed by atoms with Crippen molar-refractivity contribution < 1.29 is 23.4 Å². The van der Waals surface area contributed by atoms with Gasteiger partial charge in [-0.25, -0.2) is 13.4 Å². The number of aromatic nitrogens is 1. The van der Waals surface area contributed by atoms with Crippen LogP contribution in [0.5, 0.6) is 5.88 Å². The molecule has 3 N–H and O–H groups in total. The zero-order chi connectivity index (χ0) is 30.4. The minimum Gasteiger partial charge on any atom is -0.494 e. The Hall–Kier alpha value is -3.67. The molecule has 0 spiro atoms. The molecule has 1 aromatic heterocycles. The molecule has 0 unspecified atom stereocenters. The van der Waals surface area contributed by atoms with Gasteiger partial charge in [0, 0.05) is 34.9 Å². The van der Waals surface area contributed by atoms with Crippen LogP contribution in [0.4, 0.5) is 11.4 Å². The van der Waals surface area contributed by atoms with Crippen molar-refractivity contribution >= 4 is 59.9 Å². The lowest BCUT2D eigenvalue weighted by molar-refractivity contribution is -0.136. The highest BCUT2D eigenvalue weighted by Gasteiger charge is 2.22. The van der Waals surface area contributed by atoms with Crippen LogP contribution in [0.2, 0.25) is 0 Å². The Balaban J connectivity index is 1.78. The Morgan fingerprint density at radius 2 is 1.69 bits per heavy atom. The number of fused-ring (bicyclic) bond motifs is 1. The molecule has 0 amide bonds. The van der Waals surface area contributed by atoms with E-state index in [2.05, 4.69) is 20.9 Å². The van der Waals surface area contributed by atoms with Crippen molar-refractivity contribution in [3.8, 4) is 5.88 Å². The number of carbonyl (C=O) groups is 1. The van der Waals surface area contributed by atoms with Gasteiger partial charge in [-0.2, -0.15) is 0 Å². The smallest absolute Gasteiger partial charge is 0.303 e. The molecule has 42 heavy (non-hydrogen) atoms. The number of likely N-dealkylation sites (N-methyl/N-ethyl adjacent to an activating group) is 1. The van der Waals surface area contributed by atoms with E-state index in [1.807, 2.05) is 68.4 Å². The minimum absolute atomic E-state index is 0.0320. The lowest BCUT2D eigenvalue weighted by Gasteiger charge is -2.26. The van der Waals surface area contributed by atoms with E-state index in [0.29, 0.717) is 48.6 Å². The van der Waals surface area contributed by atoms with Gasteiger partial charge in [0.05, 0.1) is 33.9 Å². The number of sulfonamides is 1. The van der Waals surface area contributed by atoms with Crippen molar-refractivity contribution in [2.45, 2.75) is 26.2 Å². The number of rotatable bonds is 13. The minimum atomic E-state index is -3.49. The van der Waals surface area contributed by atoms with E-state index in [9.17, 15) is 18.3 Å². The van der Waals surface area contributed by atoms with Crippen molar-refractivity contribution in [2.24, 2.45) is 4.99 Å². The summed E-state index contributed by atoms with van der Waals surface area (Å²) in [5.74, 6) is -0.834. The molecule has 0 bridgehead atoms. The third-order valence-electron chi connectivity index (χ3n) is 6.76. The van der Waals surface area contributed by atoms with E-state index in [1.54, 1.807) is 24.3 Å². The van der Waals surface area contributed by atoms with Gasteiger partial charge >= 0.3 is 5.97 Å². The van der Waals surface area contributed by atoms with Gasteiger partial charge in [0.1, 0.15) is 0 Å². The number of aliphatic carboxylic acids is 1. The Bertz CT molecular complexity index is 1680. The number of aromatic amines is 1. The standard InChI is InChI=1S/C31H35BrN4O5S/c1-4-19-42(40,41)36(18-17-35(2)3)25-13-11-24(12-14-25)33-30(22-8-5-21(6-9-22)7-16-28(37)38)29-26-15-10-23(32)20-27(26)34-31(29)39/h5-6,8-15,20,34,39H,4,7,16-19H2,1-3H3,(H,37,38). The van der Waals surface area contributed by atoms with Gasteiger partial charge in [-0.3, -0.25) is 9.10 Å². The molecular weight excluding hydrogens is 620 g/mol. The van der Waals surface area contributed by atoms with E-state index in [0.717, 1.165) is 26.5 Å². The normalized spacial score (nSPS) is 12.3. The predicted molar refractivity (Wildman–Crippen MR) is 172 cm³/mol. The van der Waals surface area contributed by atoms with Crippen molar-refractivity contribution in [3.63, 3.8) is 0 Å². The number of benzene rings is 3. The number of nitrogens with one attached hydrogen (secondary N) is 1. The Morgan fingerprint density at radius 1 is 1.00 bits per heavy atom. The molecule has 0 fully saturated rings. The predicted octanol–water partition coefficient (Wildman–Crippen LogP) is 5.93. The second-order valence-corrected chi connectivity index (χ2v) is 13.2. The first-order valence-electron chi connectivity index (χ1n) is 13.6. The Kier molecular flexibility index (Phi) is 10.1. The van der Waals surface area contributed by atoms with E-state index in [-0.39, 0.29) is 18.1 Å². The van der Waals surface area contributed by atoms with Crippen LogP contribution in [0.3, 0.4) is 0 Å². The summed E-state index contributed by atoms with van der Waals surface area (Å²) >= 11 is 3.47. The first kappa shape index (κ1) is 31.3. The van der Waals surface area contributed by atoms with Gasteiger partial charge < -0.3 is 20.1 Å². The number of carboxylic acid groups (broad SMARTS) is 1. The summed E-state index contributed by atoms with van der Waals surface area (Å²) in [4.78, 5) is 20.9. The van der Waals surface area contributed by atoms with Crippen LogP contribution in [-0.2, 0) is 21.2 Å². The molecule has 4 aromatic rings. The molecule has 0 atom stereocenters. The largest absolute Gasteiger partial charge is 0.494 e. The summed E-state index contributed by atoms with van der Waals surface area (Å²) in [6.07, 6.45) is 0.956. The van der Waals surface area contributed by atoms with Crippen LogP contribution in [0.1, 0.15) is 36.5 Å². The highest BCUT2D eigenvalue weighted by atomic mass is 79.9. The maximum Gasteiger partial charge on any atom is 0.303 e. The molecule has 4 rings (SSSR count). The SMILES string of the molecule is CCCS(=O)(=O)N(CCN(C)C)c1ccc(N=C(c2ccc(CCC(=O)O)cc2)c2c(O)[nH]c3cc(Br)ccc23)cc1. The lowest BCUT2D eigenvalue weighted by Crippen LogP contribution is -2.38. The molecule has 0 aliphatic heterocycles. The van der Waals surface area contributed by atoms with Crippen LogP contribution in [0.15, 0.2) is 76.2 Å². The number of H-pyrrole nitrogens is 1. The summed E-state index contributed by atoms with van der Waals surface area (Å²) in [5, 5.41) is 20.8. The monoisotopic (exact) mass is 654 g/mol. The average molecular weight is 656 g/mol. The molecule has 0 aliphatic rings. The van der Waals surface area contributed by atoms with Crippen molar-refractivity contribution in [3.05, 3.63) is 87.9 Å². The number of aryl methyl sites for hydroxylation is 1. The maximum atomic E-state index is 13.1. The average Bonchev–Trinajstić information content (AvgIpc) is 3.25. The van der Waals surface area contributed by atoms with Crippen molar-refractivity contribution in [1.82, 2.24) is 9.88 Å². The number of aliphatic imine (C=N–C) groups is 1. The van der Waals surface area contributed by atoms with E-state index in [4.69, 9.17) is 10.1 Å². The fourth-order valence-electron chi connectivity index (χ4n) is 4.65. The number of carboxylic acids is 1. The fraction of sp³-hybridized carbons (Fsp3) is 0.290. The first-order chi connectivity index (χ1) is 20.0. The zero-order valence-corrected chi connectivity index (χ0v) is 26.2. The van der Waals surface area contributed by atoms with Crippen molar-refractivity contribution in [2.75, 3.05) is 37.2 Å². The molecule has 0 radical (unpaired) electrons. The molecule has 222 valence electrons. The highest BCUT2D eigenvalue weighted by molar-refractivity contribution is 9.10. The third kappa shape index (κ3) is 7.58. The first-order valence-corrected chi connectivity index (χ1v) is 16.0. The zero-order valence-electron chi connectivity index (χ0n) is 23.8. The number of hydrogen-bond donors (Lipinski definition) is 3. The third-order valence-corrected chi connectivity index (χ3v) is 9.24. The summed E-state index contributed by atoms with van der Waals surface area (Å²) in [6.45, 7) is 2.75. The molecule has 0 aliphatic carbocycles. The summed E-state index contributed by atoms with van der Waals surface area (Å²) < 4.78 is 28.4. The van der Waals surface area contributed by atoms with Crippen LogP contribution in [0.25, 0.3) is 10.9 Å². The Morgan fingerprint density at radius 3 is 2.31 bits per heavy atom. The number of halogens is 1. The molecule has 0 saturated heterocycles. The highest BCUT2D eigenvalue weighted by Crippen LogP contribution is 2.33. The molecule has 3 aromatic carbocycles. The summed E-state index contributed by atoms with van der Waals surface area (Å²) in [5.41, 5.74) is 4.53. The Labute approximate surface area is 254 Å². The molecule has 1 heterocycles. The molecular formula is C31H35BrN4O5S. The van der Waals surface area contributed by atoms with E-state index in [1.165, 1.54) is 4.31 Å². The van der Waals surface area contributed by atoms with Crippen LogP contribution < -0.4 is 4.31 Å². The van der Waals surface area contributed by atoms with Gasteiger partial charge in [0.2, 0.25) is 10.0 Å². The van der Waals surface area contributed by atoms with Gasteiger partial charge in [-0.15, -0.1) is 0 Å². The summed E-state index contributed by atoms with van der Waals surface area (Å²) in [6, 6.07) is 20.1. The quantitative estimate of drug-likeness (QED) is 0.153. The van der Waals surface area contributed by atoms with Crippen LogP contribution >= 0.6 is 15.9 Å².